The van der Waals surface area contributed by atoms with E-state index < -0.39 is 30.1 Å². The summed E-state index contributed by atoms with van der Waals surface area (Å²) in [7, 11) is 0. The van der Waals surface area contributed by atoms with Crippen molar-refractivity contribution < 1.29 is 23.9 Å². The first-order valence-electron chi connectivity index (χ1n) is 10.1. The Labute approximate surface area is 181 Å². The molecule has 2 amide bonds. The summed E-state index contributed by atoms with van der Waals surface area (Å²) in [5.41, 5.74) is 4.48. The first-order chi connectivity index (χ1) is 14.9. The van der Waals surface area contributed by atoms with Gasteiger partial charge >= 0.3 is 12.1 Å². The molecule has 0 aromatic heterocycles. The maximum absolute atomic E-state index is 12.3. The number of benzene rings is 2. The summed E-state index contributed by atoms with van der Waals surface area (Å²) >= 11 is 0. The summed E-state index contributed by atoms with van der Waals surface area (Å²) in [5.74, 6) is -1.17. The van der Waals surface area contributed by atoms with Crippen molar-refractivity contribution in [3.8, 4) is 11.1 Å². The van der Waals surface area contributed by atoms with E-state index in [2.05, 4.69) is 29.3 Å². The molecule has 2 aromatic carbocycles. The summed E-state index contributed by atoms with van der Waals surface area (Å²) in [6.45, 7) is 6.69. The lowest BCUT2D eigenvalue weighted by Crippen LogP contribution is -2.49. The fourth-order valence-electron chi connectivity index (χ4n) is 3.55. The van der Waals surface area contributed by atoms with Crippen molar-refractivity contribution >= 4 is 18.0 Å². The minimum Gasteiger partial charge on any atom is -0.460 e. The zero-order chi connectivity index (χ0) is 22.4. The first-order valence-corrected chi connectivity index (χ1v) is 10.1. The Bertz CT molecular complexity index is 942. The van der Waals surface area contributed by atoms with Crippen LogP contribution in [0.3, 0.4) is 0 Å². The molecule has 0 unspecified atom stereocenters. The van der Waals surface area contributed by atoms with Gasteiger partial charge in [0.2, 0.25) is 5.91 Å². The van der Waals surface area contributed by atoms with Crippen LogP contribution in [0.2, 0.25) is 0 Å². The molecule has 2 N–H and O–H groups in total. The third kappa shape index (κ3) is 5.12. The summed E-state index contributed by atoms with van der Waals surface area (Å²) in [5, 5.41) is 5.00. The first kappa shape index (κ1) is 22.1. The summed E-state index contributed by atoms with van der Waals surface area (Å²) in [6, 6.07) is 14.3. The molecule has 0 heterocycles. The molecule has 0 radical (unpaired) electrons. The fourth-order valence-corrected chi connectivity index (χ4v) is 3.55. The second-order valence-corrected chi connectivity index (χ2v) is 7.34. The number of hydrogen-bond donors (Lipinski definition) is 2. The van der Waals surface area contributed by atoms with E-state index in [1.165, 1.54) is 19.9 Å². The molecule has 2 aromatic rings. The van der Waals surface area contributed by atoms with E-state index in [4.69, 9.17) is 9.47 Å². The molecule has 0 saturated heterocycles. The molecule has 3 rings (SSSR count). The van der Waals surface area contributed by atoms with E-state index in [0.29, 0.717) is 0 Å². The number of rotatable bonds is 8. The minimum atomic E-state index is -0.884. The number of carbonyl (C=O) groups excluding carboxylic acids is 3. The number of alkyl carbamates (subject to hydrolysis) is 1. The lowest BCUT2D eigenvalue weighted by molar-refractivity contribution is -0.146. The molecule has 2 atom stereocenters. The van der Waals surface area contributed by atoms with Crippen LogP contribution >= 0.6 is 0 Å². The Kier molecular flexibility index (Phi) is 7.07. The Hall–Kier alpha value is -3.61. The van der Waals surface area contributed by atoms with Crippen LogP contribution in [0.1, 0.15) is 30.9 Å². The minimum absolute atomic E-state index is 0.0621. The number of nitrogens with one attached hydrogen (secondary N) is 2. The molecule has 0 spiro atoms. The third-order valence-electron chi connectivity index (χ3n) is 5.13. The van der Waals surface area contributed by atoms with Crippen molar-refractivity contribution in [2.24, 2.45) is 0 Å². The van der Waals surface area contributed by atoms with Crippen LogP contribution in [0.25, 0.3) is 11.1 Å². The molecule has 1 aliphatic carbocycles. The van der Waals surface area contributed by atoms with Crippen molar-refractivity contribution in [2.75, 3.05) is 13.2 Å². The highest BCUT2D eigenvalue weighted by atomic mass is 16.5. The van der Waals surface area contributed by atoms with Crippen molar-refractivity contribution in [1.29, 1.82) is 0 Å². The number of amides is 2. The normalized spacial score (nSPS) is 13.9. The number of fused-ring (bicyclic) bond motifs is 3. The van der Waals surface area contributed by atoms with Gasteiger partial charge in [0.05, 0.1) is 0 Å². The smallest absolute Gasteiger partial charge is 0.407 e. The molecule has 1 aliphatic rings. The maximum Gasteiger partial charge on any atom is 0.407 e. The second kappa shape index (κ2) is 9.93. The second-order valence-electron chi connectivity index (χ2n) is 7.34. The molecular weight excluding hydrogens is 396 g/mol. The van der Waals surface area contributed by atoms with E-state index in [9.17, 15) is 14.4 Å². The predicted octanol–water partition coefficient (Wildman–Crippen LogP) is 3.15. The fraction of sp³-hybridized carbons (Fsp3) is 0.292. The van der Waals surface area contributed by atoms with Crippen LogP contribution in [0.4, 0.5) is 4.79 Å². The highest BCUT2D eigenvalue weighted by Crippen LogP contribution is 2.44. The molecule has 0 bridgehead atoms. The van der Waals surface area contributed by atoms with Gasteiger partial charge < -0.3 is 20.1 Å². The summed E-state index contributed by atoms with van der Waals surface area (Å²) in [4.78, 5) is 36.3. The van der Waals surface area contributed by atoms with Gasteiger partial charge in [0, 0.05) is 5.92 Å². The van der Waals surface area contributed by atoms with Crippen molar-refractivity contribution in [3.63, 3.8) is 0 Å². The van der Waals surface area contributed by atoms with E-state index in [1.54, 1.807) is 0 Å². The number of ether oxygens (including phenoxy) is 2. The largest absolute Gasteiger partial charge is 0.460 e. The van der Waals surface area contributed by atoms with Gasteiger partial charge in [-0.3, -0.25) is 4.79 Å². The average molecular weight is 422 g/mol. The Balaban J connectivity index is 1.54. The van der Waals surface area contributed by atoms with E-state index in [1.807, 2.05) is 36.4 Å². The summed E-state index contributed by atoms with van der Waals surface area (Å²) in [6.07, 6.45) is 0.736. The monoisotopic (exact) mass is 422 g/mol. The van der Waals surface area contributed by atoms with Gasteiger partial charge in [0.25, 0.3) is 0 Å². The van der Waals surface area contributed by atoms with Gasteiger partial charge in [-0.2, -0.15) is 0 Å². The molecule has 0 fully saturated rings. The molecule has 0 saturated carbocycles. The SMILES string of the molecule is C=CCOC(=O)[C@@H](C)NC(=O)[C@@H](C)NC(=O)OCC1c2ccccc2-c2ccccc21. The zero-order valence-electron chi connectivity index (χ0n) is 17.6. The van der Waals surface area contributed by atoms with Gasteiger partial charge in [-0.05, 0) is 36.1 Å². The van der Waals surface area contributed by atoms with Crippen molar-refractivity contribution in [1.82, 2.24) is 10.6 Å². The summed E-state index contributed by atoms with van der Waals surface area (Å²) < 4.78 is 10.3. The average Bonchev–Trinajstić information content (AvgIpc) is 3.09. The highest BCUT2D eigenvalue weighted by Gasteiger charge is 2.29. The molecule has 31 heavy (non-hydrogen) atoms. The van der Waals surface area contributed by atoms with Crippen molar-refractivity contribution in [3.05, 3.63) is 72.3 Å². The molecular formula is C24H26N2O5. The molecule has 162 valence electrons. The Morgan fingerprint density at radius 2 is 1.52 bits per heavy atom. The predicted molar refractivity (Wildman–Crippen MR) is 116 cm³/mol. The van der Waals surface area contributed by atoms with Gasteiger partial charge in [0.15, 0.2) is 0 Å². The standard InChI is InChI=1S/C24H26N2O5/c1-4-13-30-23(28)16(3)25-22(27)15(2)26-24(29)31-14-21-19-11-7-5-9-17(19)18-10-6-8-12-20(18)21/h4-12,15-16,21H,1,13-14H2,2-3H3,(H,25,27)(H,26,29)/t15-,16-/m1/s1. The number of carbonyl (C=O) groups is 3. The highest BCUT2D eigenvalue weighted by molar-refractivity contribution is 5.89. The van der Waals surface area contributed by atoms with Crippen LogP contribution in [0, 0.1) is 0 Å². The van der Waals surface area contributed by atoms with Crippen molar-refractivity contribution in [2.45, 2.75) is 31.8 Å². The van der Waals surface area contributed by atoms with E-state index in [0.717, 1.165) is 22.3 Å². The number of hydrogen-bond acceptors (Lipinski definition) is 5. The third-order valence-corrected chi connectivity index (χ3v) is 5.13. The van der Waals surface area contributed by atoms with Crippen LogP contribution < -0.4 is 10.6 Å². The molecule has 7 heteroatoms. The van der Waals surface area contributed by atoms with E-state index in [-0.39, 0.29) is 19.1 Å². The lowest BCUT2D eigenvalue weighted by Gasteiger charge is -2.19. The van der Waals surface area contributed by atoms with Crippen LogP contribution in [0.15, 0.2) is 61.2 Å². The Morgan fingerprint density at radius 1 is 0.935 bits per heavy atom. The maximum atomic E-state index is 12.3. The topological polar surface area (TPSA) is 93.7 Å². The molecule has 0 aliphatic heterocycles. The number of esters is 1. The van der Waals surface area contributed by atoms with Gasteiger partial charge in [-0.25, -0.2) is 9.59 Å². The Morgan fingerprint density at radius 3 is 2.10 bits per heavy atom. The van der Waals surface area contributed by atoms with Gasteiger partial charge in [0.1, 0.15) is 25.3 Å². The van der Waals surface area contributed by atoms with Gasteiger partial charge in [-0.15, -0.1) is 0 Å². The van der Waals surface area contributed by atoms with Crippen LogP contribution in [-0.4, -0.2) is 43.3 Å². The van der Waals surface area contributed by atoms with Crippen LogP contribution in [-0.2, 0) is 19.1 Å². The van der Waals surface area contributed by atoms with Crippen LogP contribution in [0.5, 0.6) is 0 Å². The van der Waals surface area contributed by atoms with E-state index >= 15 is 0 Å². The van der Waals surface area contributed by atoms with Gasteiger partial charge in [-0.1, -0.05) is 61.2 Å². The quantitative estimate of drug-likeness (QED) is 0.504. The lowest BCUT2D eigenvalue weighted by atomic mass is 9.98. The zero-order valence-corrected chi connectivity index (χ0v) is 17.6. The molecule has 7 nitrogen and oxygen atoms in total.